The number of carbonyl (C=O) groups excluding carboxylic acids is 2. The highest BCUT2D eigenvalue weighted by molar-refractivity contribution is 5.90. The standard InChI is InChI=1S/C42H48N6O10/c1-25-39(49)33(19-37(57-25)53-15-17-55-41(51)35-23-45-29-7-3-5-9-31(29)47-35)43-21-27-11-13-28(14-12-27)22-44-34-20-38(58-26(2)40(34)50)54-16-18-56-42(52)36-24-46-30-8-4-6-10-32(30)48-36/h3-14,23-26,33-34,37-40,43-44,49-50H,15-22H2,1-2H3/t25-,26-,33?,34?,37+,38+,39-,40-/m1/s1. The Kier molecular flexibility index (Phi) is 13.9. The van der Waals surface area contributed by atoms with Crippen molar-refractivity contribution in [3.63, 3.8) is 0 Å². The van der Waals surface area contributed by atoms with Crippen LogP contribution in [0.3, 0.4) is 0 Å². The molecule has 8 atom stereocenters. The van der Waals surface area contributed by atoms with Crippen LogP contribution in [0.15, 0.2) is 85.2 Å². The SMILES string of the molecule is C[C@H]1O[C@H](OCCOC(=O)c2cnc3ccccc3n2)CC(NCc2ccc(CNC3C[C@@H](OCCOC(=O)c4cnc5ccccc5n4)O[C@H](C)[C@H]3O)cc2)[C@@H]1O. The molecular formula is C42H48N6O10. The highest BCUT2D eigenvalue weighted by Gasteiger charge is 2.36. The van der Waals surface area contributed by atoms with Crippen LogP contribution in [0.5, 0.6) is 0 Å². The topological polar surface area (TPSA) is 206 Å². The Labute approximate surface area is 335 Å². The maximum absolute atomic E-state index is 12.5. The smallest absolute Gasteiger partial charge is 0.358 e. The van der Waals surface area contributed by atoms with Crippen LogP contribution in [-0.2, 0) is 41.5 Å². The molecule has 0 amide bonds. The van der Waals surface area contributed by atoms with Gasteiger partial charge in [0, 0.05) is 38.0 Å². The summed E-state index contributed by atoms with van der Waals surface area (Å²) in [4.78, 5) is 42.1. The lowest BCUT2D eigenvalue weighted by Gasteiger charge is -2.38. The molecule has 58 heavy (non-hydrogen) atoms. The molecule has 5 aromatic rings. The van der Waals surface area contributed by atoms with E-state index in [0.29, 0.717) is 48.0 Å². The van der Waals surface area contributed by atoms with Crippen molar-refractivity contribution in [3.8, 4) is 0 Å². The second-order valence-electron chi connectivity index (χ2n) is 14.3. The van der Waals surface area contributed by atoms with E-state index in [-0.39, 0.29) is 49.9 Å². The van der Waals surface area contributed by atoms with E-state index in [1.54, 1.807) is 26.0 Å². The first kappa shape index (κ1) is 41.1. The van der Waals surface area contributed by atoms with E-state index in [2.05, 4.69) is 30.6 Å². The Morgan fingerprint density at radius 2 is 1.02 bits per heavy atom. The maximum Gasteiger partial charge on any atom is 0.358 e. The second kappa shape index (κ2) is 19.6. The van der Waals surface area contributed by atoms with Gasteiger partial charge >= 0.3 is 11.9 Å². The number of fused-ring (bicyclic) bond motifs is 2. The molecule has 2 fully saturated rings. The molecule has 4 N–H and O–H groups in total. The van der Waals surface area contributed by atoms with E-state index >= 15 is 0 Å². The van der Waals surface area contributed by atoms with Gasteiger partial charge in [0.25, 0.3) is 0 Å². The molecule has 16 nitrogen and oxygen atoms in total. The lowest BCUT2D eigenvalue weighted by Crippen LogP contribution is -2.53. The van der Waals surface area contributed by atoms with Crippen molar-refractivity contribution >= 4 is 34.0 Å². The average Bonchev–Trinajstić information content (AvgIpc) is 3.25. The third-order valence-electron chi connectivity index (χ3n) is 10.1. The molecule has 306 valence electrons. The van der Waals surface area contributed by atoms with E-state index in [0.717, 1.165) is 11.1 Å². The fourth-order valence-electron chi connectivity index (χ4n) is 6.88. The second-order valence-corrected chi connectivity index (χ2v) is 14.3. The van der Waals surface area contributed by atoms with Crippen LogP contribution in [0.4, 0.5) is 0 Å². The molecule has 0 radical (unpaired) electrons. The van der Waals surface area contributed by atoms with Gasteiger partial charge < -0.3 is 49.3 Å². The first-order chi connectivity index (χ1) is 28.2. The summed E-state index contributed by atoms with van der Waals surface area (Å²) in [6, 6.07) is 22.0. The van der Waals surface area contributed by atoms with Gasteiger partial charge in [0.15, 0.2) is 24.0 Å². The number of esters is 2. The molecule has 0 aliphatic carbocycles. The molecular weight excluding hydrogens is 748 g/mol. The van der Waals surface area contributed by atoms with Crippen LogP contribution in [0.2, 0.25) is 0 Å². The number of benzene rings is 3. The molecule has 2 saturated heterocycles. The summed E-state index contributed by atoms with van der Waals surface area (Å²) < 4.78 is 34.1. The molecule has 16 heteroatoms. The van der Waals surface area contributed by atoms with E-state index in [1.165, 1.54) is 12.4 Å². The van der Waals surface area contributed by atoms with Gasteiger partial charge in [-0.25, -0.2) is 19.6 Å². The van der Waals surface area contributed by atoms with E-state index < -0.39 is 48.9 Å². The first-order valence-corrected chi connectivity index (χ1v) is 19.4. The quantitative estimate of drug-likeness (QED) is 0.0836. The number of nitrogens with one attached hydrogen (secondary N) is 2. The number of hydrogen-bond acceptors (Lipinski definition) is 16. The monoisotopic (exact) mass is 796 g/mol. The summed E-state index contributed by atoms with van der Waals surface area (Å²) >= 11 is 0. The number of carbonyl (C=O) groups is 2. The summed E-state index contributed by atoms with van der Waals surface area (Å²) in [6.07, 6.45) is -0.0215. The Hall–Kier alpha value is -5.04. The predicted octanol–water partition coefficient (Wildman–Crippen LogP) is 3.23. The molecule has 0 saturated carbocycles. The average molecular weight is 797 g/mol. The zero-order valence-corrected chi connectivity index (χ0v) is 32.3. The van der Waals surface area contributed by atoms with Gasteiger partial charge in [-0.3, -0.25) is 9.97 Å². The lowest BCUT2D eigenvalue weighted by atomic mass is 9.98. The molecule has 2 unspecified atom stereocenters. The minimum atomic E-state index is -0.742. The van der Waals surface area contributed by atoms with Crippen molar-refractivity contribution in [1.29, 1.82) is 0 Å². The molecule has 7 rings (SSSR count). The molecule has 0 bridgehead atoms. The van der Waals surface area contributed by atoms with Gasteiger partial charge in [-0.15, -0.1) is 0 Å². The highest BCUT2D eigenvalue weighted by Crippen LogP contribution is 2.23. The lowest BCUT2D eigenvalue weighted by molar-refractivity contribution is -0.227. The molecule has 2 aliphatic rings. The number of ether oxygens (including phenoxy) is 6. The highest BCUT2D eigenvalue weighted by atomic mass is 16.7. The number of para-hydroxylation sites is 4. The number of aliphatic hydroxyl groups excluding tert-OH is 2. The van der Waals surface area contributed by atoms with Gasteiger partial charge in [0.2, 0.25) is 0 Å². The van der Waals surface area contributed by atoms with E-state index in [4.69, 9.17) is 28.4 Å². The zero-order chi connectivity index (χ0) is 40.4. The Bertz CT molecular complexity index is 1990. The molecule has 2 aromatic heterocycles. The van der Waals surface area contributed by atoms with Crippen molar-refractivity contribution in [2.24, 2.45) is 0 Å². The summed E-state index contributed by atoms with van der Waals surface area (Å²) in [5, 5.41) is 28.5. The van der Waals surface area contributed by atoms with Gasteiger partial charge in [-0.1, -0.05) is 48.5 Å². The van der Waals surface area contributed by atoms with Crippen molar-refractivity contribution in [2.45, 2.75) is 88.9 Å². The van der Waals surface area contributed by atoms with Gasteiger partial charge in [0.05, 0.1) is 72.1 Å². The fraction of sp³-hybridized carbons (Fsp3) is 0.429. The number of nitrogens with zero attached hydrogens (tertiary/aromatic N) is 4. The van der Waals surface area contributed by atoms with Gasteiger partial charge in [-0.2, -0.15) is 0 Å². The van der Waals surface area contributed by atoms with Crippen LogP contribution in [0.25, 0.3) is 22.1 Å². The summed E-state index contributed by atoms with van der Waals surface area (Å²) in [5.41, 5.74) is 4.89. The number of rotatable bonds is 16. The van der Waals surface area contributed by atoms with Crippen LogP contribution in [-0.4, -0.2) is 118 Å². The first-order valence-electron chi connectivity index (χ1n) is 19.4. The van der Waals surface area contributed by atoms with Crippen LogP contribution in [0.1, 0.15) is 58.8 Å². The largest absolute Gasteiger partial charge is 0.458 e. The fourth-order valence-corrected chi connectivity index (χ4v) is 6.88. The number of hydrogen-bond donors (Lipinski definition) is 4. The molecule has 3 aromatic carbocycles. The minimum absolute atomic E-state index is 0.00732. The van der Waals surface area contributed by atoms with Gasteiger partial charge in [0.1, 0.15) is 13.2 Å². The minimum Gasteiger partial charge on any atom is -0.458 e. The maximum atomic E-state index is 12.5. The van der Waals surface area contributed by atoms with Gasteiger partial charge in [-0.05, 0) is 49.2 Å². The summed E-state index contributed by atoms with van der Waals surface area (Å²) in [7, 11) is 0. The Balaban J connectivity index is 0.804. The van der Waals surface area contributed by atoms with E-state index in [9.17, 15) is 19.8 Å². The van der Waals surface area contributed by atoms with Crippen molar-refractivity contribution < 1.29 is 48.2 Å². The van der Waals surface area contributed by atoms with E-state index in [1.807, 2.05) is 60.7 Å². The number of aliphatic hydroxyl groups is 2. The van der Waals surface area contributed by atoms with Crippen LogP contribution >= 0.6 is 0 Å². The molecule has 2 aliphatic heterocycles. The predicted molar refractivity (Wildman–Crippen MR) is 209 cm³/mol. The Morgan fingerprint density at radius 3 is 1.43 bits per heavy atom. The van der Waals surface area contributed by atoms with Crippen molar-refractivity contribution in [3.05, 3.63) is 108 Å². The normalized spacial score (nSPS) is 24.8. The Morgan fingerprint density at radius 1 is 0.621 bits per heavy atom. The van der Waals surface area contributed by atoms with Crippen LogP contribution in [0, 0.1) is 0 Å². The zero-order valence-electron chi connectivity index (χ0n) is 32.3. The van der Waals surface area contributed by atoms with Crippen molar-refractivity contribution in [1.82, 2.24) is 30.6 Å². The third kappa shape index (κ3) is 10.7. The summed E-state index contributed by atoms with van der Waals surface area (Å²) in [6.45, 7) is 4.85. The van der Waals surface area contributed by atoms with Crippen molar-refractivity contribution in [2.75, 3.05) is 26.4 Å². The van der Waals surface area contributed by atoms with Crippen LogP contribution < -0.4 is 10.6 Å². The molecule has 0 spiro atoms. The number of aromatic nitrogens is 4. The third-order valence-corrected chi connectivity index (χ3v) is 10.1. The summed E-state index contributed by atoms with van der Waals surface area (Å²) in [5.74, 6) is -1.18. The molecule has 4 heterocycles.